The van der Waals surface area contributed by atoms with Gasteiger partial charge in [-0.15, -0.1) is 0 Å². The summed E-state index contributed by atoms with van der Waals surface area (Å²) in [5.74, 6) is -0.687. The average molecular weight is 605 g/mol. The lowest BCUT2D eigenvalue weighted by Gasteiger charge is -2.34. The van der Waals surface area contributed by atoms with Crippen LogP contribution in [0.5, 0.6) is 0 Å². The summed E-state index contributed by atoms with van der Waals surface area (Å²) in [7, 11) is -3.83. The zero-order valence-corrected chi connectivity index (χ0v) is 25.4. The number of rotatable bonds is 12. The smallest absolute Gasteiger partial charge is 0.244 e. The Morgan fingerprint density at radius 3 is 2.17 bits per heavy atom. The van der Waals surface area contributed by atoms with Crippen LogP contribution in [0.2, 0.25) is 10.0 Å². The predicted octanol–water partition coefficient (Wildman–Crippen LogP) is 5.48. The van der Waals surface area contributed by atoms with E-state index in [1.165, 1.54) is 4.90 Å². The molecule has 0 aliphatic carbocycles. The quantitative estimate of drug-likeness (QED) is 0.297. The fourth-order valence-electron chi connectivity index (χ4n) is 4.13. The molecule has 0 saturated heterocycles. The summed E-state index contributed by atoms with van der Waals surface area (Å²) in [5.41, 5.74) is 2.74. The van der Waals surface area contributed by atoms with Crippen molar-refractivity contribution in [2.75, 3.05) is 23.7 Å². The van der Waals surface area contributed by atoms with Crippen molar-refractivity contribution in [1.29, 1.82) is 0 Å². The molecule has 0 heterocycles. The van der Waals surface area contributed by atoms with Gasteiger partial charge in [0.05, 0.1) is 11.9 Å². The molecule has 40 heavy (non-hydrogen) atoms. The minimum Gasteiger partial charge on any atom is -0.354 e. The molecular formula is C30H35Cl2N3O4S. The summed E-state index contributed by atoms with van der Waals surface area (Å²) in [6, 6.07) is 20.2. The molecule has 0 bridgehead atoms. The highest BCUT2D eigenvalue weighted by molar-refractivity contribution is 7.92. The fraction of sp³-hybridized carbons (Fsp3) is 0.333. The number of hydrogen-bond donors (Lipinski definition) is 1. The van der Waals surface area contributed by atoms with Crippen LogP contribution in [0.25, 0.3) is 0 Å². The molecule has 3 aromatic rings. The van der Waals surface area contributed by atoms with Crippen LogP contribution in [0.3, 0.4) is 0 Å². The van der Waals surface area contributed by atoms with Gasteiger partial charge in [-0.05, 0) is 48.2 Å². The summed E-state index contributed by atoms with van der Waals surface area (Å²) < 4.78 is 26.7. The monoisotopic (exact) mass is 603 g/mol. The van der Waals surface area contributed by atoms with Crippen LogP contribution in [0.15, 0.2) is 72.8 Å². The Kier molecular flexibility index (Phi) is 11.0. The number of halogens is 2. The molecule has 1 atom stereocenters. The molecule has 0 aliphatic heterocycles. The molecule has 1 N–H and O–H groups in total. The van der Waals surface area contributed by atoms with E-state index in [9.17, 15) is 18.0 Å². The first-order chi connectivity index (χ1) is 18.8. The lowest BCUT2D eigenvalue weighted by atomic mass is 10.0. The molecule has 0 saturated carbocycles. The second-order valence-corrected chi connectivity index (χ2v) is 13.0. The van der Waals surface area contributed by atoms with E-state index in [1.54, 1.807) is 42.5 Å². The van der Waals surface area contributed by atoms with Gasteiger partial charge in [-0.1, -0.05) is 91.1 Å². The molecule has 0 radical (unpaired) electrons. The van der Waals surface area contributed by atoms with Gasteiger partial charge in [0, 0.05) is 29.6 Å². The van der Waals surface area contributed by atoms with Crippen LogP contribution < -0.4 is 9.62 Å². The van der Waals surface area contributed by atoms with E-state index in [1.807, 2.05) is 51.1 Å². The Hall–Kier alpha value is -3.07. The van der Waals surface area contributed by atoms with E-state index in [2.05, 4.69) is 5.32 Å². The number of nitrogens with one attached hydrogen (secondary N) is 1. The van der Waals surface area contributed by atoms with Crippen LogP contribution >= 0.6 is 23.2 Å². The van der Waals surface area contributed by atoms with Crippen LogP contribution in [0.1, 0.15) is 30.5 Å². The number of amides is 2. The van der Waals surface area contributed by atoms with Crippen molar-refractivity contribution in [3.05, 3.63) is 99.5 Å². The molecule has 214 valence electrons. The Morgan fingerprint density at radius 1 is 0.950 bits per heavy atom. The highest BCUT2D eigenvalue weighted by atomic mass is 35.5. The Labute approximate surface area is 247 Å². The van der Waals surface area contributed by atoms with Gasteiger partial charge in [-0.2, -0.15) is 0 Å². The van der Waals surface area contributed by atoms with Gasteiger partial charge < -0.3 is 10.2 Å². The average Bonchev–Trinajstić information content (AvgIpc) is 2.89. The van der Waals surface area contributed by atoms with Gasteiger partial charge in [-0.25, -0.2) is 8.42 Å². The molecule has 0 aromatic heterocycles. The maximum Gasteiger partial charge on any atom is 0.244 e. The molecule has 0 aliphatic rings. The maximum absolute atomic E-state index is 14.1. The van der Waals surface area contributed by atoms with E-state index < -0.39 is 28.5 Å². The van der Waals surface area contributed by atoms with E-state index in [0.717, 1.165) is 21.7 Å². The molecular weight excluding hydrogens is 569 g/mol. The van der Waals surface area contributed by atoms with Crippen molar-refractivity contribution in [3.63, 3.8) is 0 Å². The number of aryl methyl sites for hydroxylation is 1. The summed E-state index contributed by atoms with van der Waals surface area (Å²) in [4.78, 5) is 29.1. The first-order valence-corrected chi connectivity index (χ1v) is 15.5. The summed E-state index contributed by atoms with van der Waals surface area (Å²) in [6.45, 7) is 5.76. The normalized spacial score (nSPS) is 12.2. The Bertz CT molecular complexity index is 1410. The lowest BCUT2D eigenvalue weighted by Crippen LogP contribution is -2.53. The highest BCUT2D eigenvalue weighted by Gasteiger charge is 2.33. The standard InChI is InChI=1S/C30H35Cl2N3O4S/c1-21(2)18-33-30(37)28(16-23-8-6-5-7-9-23)34(19-24-12-13-25(31)17-27(24)32)29(36)20-35(40(4,38)39)26-14-10-22(3)11-15-26/h5-15,17,21,28H,16,18-20H2,1-4H3,(H,33,37)/t28-/m0/s1. The fourth-order valence-corrected chi connectivity index (χ4v) is 5.45. The first kappa shape index (κ1) is 31.5. The SMILES string of the molecule is Cc1ccc(N(CC(=O)N(Cc2ccc(Cl)cc2Cl)[C@@H](Cc2ccccc2)C(=O)NCC(C)C)S(C)(=O)=O)cc1. The molecule has 0 unspecified atom stereocenters. The molecule has 10 heteroatoms. The number of benzene rings is 3. The summed E-state index contributed by atoms with van der Waals surface area (Å²) in [6.07, 6.45) is 1.28. The minimum absolute atomic E-state index is 0.0209. The van der Waals surface area contributed by atoms with Gasteiger partial charge in [0.2, 0.25) is 21.8 Å². The van der Waals surface area contributed by atoms with Crippen LogP contribution in [-0.2, 0) is 32.6 Å². The molecule has 0 spiro atoms. The Morgan fingerprint density at radius 2 is 1.60 bits per heavy atom. The zero-order chi connectivity index (χ0) is 29.4. The summed E-state index contributed by atoms with van der Waals surface area (Å²) >= 11 is 12.6. The van der Waals surface area contributed by atoms with Gasteiger partial charge in [0.15, 0.2) is 0 Å². The molecule has 2 amide bonds. The minimum atomic E-state index is -3.83. The van der Waals surface area contributed by atoms with Crippen molar-refractivity contribution in [3.8, 4) is 0 Å². The van der Waals surface area contributed by atoms with Crippen molar-refractivity contribution >= 4 is 50.7 Å². The zero-order valence-electron chi connectivity index (χ0n) is 23.1. The van der Waals surface area contributed by atoms with E-state index >= 15 is 0 Å². The Balaban J connectivity index is 2.06. The molecule has 3 aromatic carbocycles. The van der Waals surface area contributed by atoms with Crippen LogP contribution in [-0.4, -0.2) is 50.5 Å². The van der Waals surface area contributed by atoms with E-state index in [0.29, 0.717) is 27.8 Å². The second kappa shape index (κ2) is 14.0. The van der Waals surface area contributed by atoms with Crippen molar-refractivity contribution in [1.82, 2.24) is 10.2 Å². The predicted molar refractivity (Wildman–Crippen MR) is 162 cm³/mol. The summed E-state index contributed by atoms with van der Waals surface area (Å²) in [5, 5.41) is 3.72. The highest BCUT2D eigenvalue weighted by Crippen LogP contribution is 2.25. The number of hydrogen-bond acceptors (Lipinski definition) is 4. The second-order valence-electron chi connectivity index (χ2n) is 10.2. The number of sulfonamides is 1. The van der Waals surface area contributed by atoms with Gasteiger partial charge in [0.25, 0.3) is 0 Å². The third kappa shape index (κ3) is 8.98. The molecule has 0 fully saturated rings. The van der Waals surface area contributed by atoms with Crippen molar-refractivity contribution in [2.45, 2.75) is 39.8 Å². The lowest BCUT2D eigenvalue weighted by molar-refractivity contribution is -0.140. The largest absolute Gasteiger partial charge is 0.354 e. The van der Waals surface area contributed by atoms with Crippen molar-refractivity contribution < 1.29 is 18.0 Å². The van der Waals surface area contributed by atoms with E-state index in [4.69, 9.17) is 23.2 Å². The van der Waals surface area contributed by atoms with Crippen LogP contribution in [0.4, 0.5) is 5.69 Å². The van der Waals surface area contributed by atoms with Crippen molar-refractivity contribution in [2.24, 2.45) is 5.92 Å². The van der Waals surface area contributed by atoms with Gasteiger partial charge in [0.1, 0.15) is 12.6 Å². The molecule has 7 nitrogen and oxygen atoms in total. The van der Waals surface area contributed by atoms with Gasteiger partial charge in [-0.3, -0.25) is 13.9 Å². The third-order valence-corrected chi connectivity index (χ3v) is 8.04. The molecule has 3 rings (SSSR count). The number of anilines is 1. The third-order valence-electron chi connectivity index (χ3n) is 6.31. The maximum atomic E-state index is 14.1. The number of nitrogens with zero attached hydrogens (tertiary/aromatic N) is 2. The number of carbonyl (C=O) groups excluding carboxylic acids is 2. The van der Waals surface area contributed by atoms with Crippen LogP contribution in [0, 0.1) is 12.8 Å². The first-order valence-electron chi connectivity index (χ1n) is 12.9. The number of carbonyl (C=O) groups is 2. The van der Waals surface area contributed by atoms with E-state index in [-0.39, 0.29) is 24.8 Å². The van der Waals surface area contributed by atoms with Gasteiger partial charge >= 0.3 is 0 Å². The topological polar surface area (TPSA) is 86.8 Å².